The second-order valence-corrected chi connectivity index (χ2v) is 31.0. The van der Waals surface area contributed by atoms with Crippen LogP contribution < -0.4 is 0 Å². The van der Waals surface area contributed by atoms with Gasteiger partial charge in [-0.2, -0.15) is 0 Å². The summed E-state index contributed by atoms with van der Waals surface area (Å²) in [5.74, 6) is -0.696. The highest BCUT2D eigenvalue weighted by Crippen LogP contribution is 2.76. The van der Waals surface area contributed by atoms with E-state index in [0.717, 1.165) is 103 Å². The van der Waals surface area contributed by atoms with E-state index >= 15 is 9.13 Å². The van der Waals surface area contributed by atoms with E-state index in [2.05, 4.69) is 27.7 Å². The number of hydrogen-bond donors (Lipinski definition) is 4. The van der Waals surface area contributed by atoms with Crippen molar-refractivity contribution in [2.75, 3.05) is 13.2 Å². The van der Waals surface area contributed by atoms with Crippen LogP contribution in [0.5, 0.6) is 0 Å². The van der Waals surface area contributed by atoms with Gasteiger partial charge in [-0.05, 0) is 25.7 Å². The Morgan fingerprint density at radius 3 is 0.635 bits per heavy atom. The molecule has 0 bridgehead atoms. The van der Waals surface area contributed by atoms with E-state index in [1.807, 2.05) is 0 Å². The Kier molecular flexibility index (Phi) is 58.5. The van der Waals surface area contributed by atoms with Crippen LogP contribution in [0.3, 0.4) is 0 Å². The minimum Gasteiger partial charge on any atom is -0.394 e. The first kappa shape index (κ1) is 83.9. The number of aliphatic hydroxyl groups is 4. The number of Topliss-reactive ketones (excluding diaryl/α,β-unsaturated/α-hetero) is 2. The summed E-state index contributed by atoms with van der Waals surface area (Å²) >= 11 is 0. The maximum absolute atomic E-state index is 15.5. The van der Waals surface area contributed by atoms with Crippen molar-refractivity contribution in [3.05, 3.63) is 0 Å². The van der Waals surface area contributed by atoms with Gasteiger partial charge in [0, 0.05) is 38.5 Å². The van der Waals surface area contributed by atoms with Gasteiger partial charge in [0.15, 0.2) is 0 Å². The van der Waals surface area contributed by atoms with E-state index in [1.54, 1.807) is 0 Å². The number of aliphatic hydroxyl groups excluding tert-OH is 2. The molecule has 0 aromatic heterocycles. The zero-order valence-electron chi connectivity index (χ0n) is 56.0. The zero-order valence-corrected chi connectivity index (χ0v) is 57.8. The number of carbonyl (C=O) groups is 4. The average Bonchev–Trinajstić information content (AvgIpc) is 1.56. The molecule has 0 radical (unpaired) electrons. The topological polar surface area (TPSA) is 202 Å². The highest BCUT2D eigenvalue weighted by atomic mass is 31.2. The predicted molar refractivity (Wildman–Crippen MR) is 357 cm³/mol. The molecule has 4 atom stereocenters. The van der Waals surface area contributed by atoms with Gasteiger partial charge < -0.3 is 29.5 Å². The molecule has 0 aromatic carbocycles. The number of rotatable bonds is 70. The summed E-state index contributed by atoms with van der Waals surface area (Å²) in [6, 6.07) is 0. The second kappa shape index (κ2) is 59.2. The van der Waals surface area contributed by atoms with E-state index in [1.165, 1.54) is 193 Å². The normalized spacial score (nSPS) is 14.1. The Morgan fingerprint density at radius 1 is 0.294 bits per heavy atom. The van der Waals surface area contributed by atoms with Gasteiger partial charge in [-0.25, -0.2) is 0 Å². The largest absolute Gasteiger partial charge is 0.394 e. The molecule has 0 spiro atoms. The summed E-state index contributed by atoms with van der Waals surface area (Å²) in [5, 5.41) is 41.7. The molecular weight excluding hydrogens is 1110 g/mol. The smallest absolute Gasteiger partial charge is 0.335 e. The van der Waals surface area contributed by atoms with Crippen LogP contribution in [0.15, 0.2) is 0 Å². The quantitative estimate of drug-likeness (QED) is 0.0255. The Labute approximate surface area is 523 Å². The van der Waals surface area contributed by atoms with Crippen molar-refractivity contribution in [1.82, 2.24) is 0 Å². The maximum Gasteiger partial charge on any atom is 0.335 e. The standard InChI is InChI=1S/C71H138O12P2/c1-5-9-13-17-21-25-29-33-37-41-45-49-53-57-65(74)61-67(63-72)82-84(80,69(76)59-55-51-47-43-39-35-31-27-23-19-15-11-7-3)71(78,79)85(81,70(77)60-56-52-48-44-40-36-32-28-24-20-16-12-8-4)83-68(64-73)62-66(75)58-54-50-46-42-38-34-30-26-22-18-14-10-6-2/h67-68,72-73,78-79H,5-64H2,1-4H3. The van der Waals surface area contributed by atoms with Gasteiger partial charge in [0.25, 0.3) is 0 Å². The molecule has 0 fully saturated rings. The van der Waals surface area contributed by atoms with Crippen molar-refractivity contribution < 1.29 is 57.8 Å². The lowest BCUT2D eigenvalue weighted by Gasteiger charge is -2.37. The minimum atomic E-state index is -5.79. The summed E-state index contributed by atoms with van der Waals surface area (Å²) in [5.41, 5.74) is -2.58. The molecule has 0 aliphatic carbocycles. The molecule has 12 nitrogen and oxygen atoms in total. The number of unbranched alkanes of at least 4 members (excludes halogenated alkanes) is 48. The van der Waals surface area contributed by atoms with Gasteiger partial charge in [-0.15, -0.1) is 0 Å². The summed E-state index contributed by atoms with van der Waals surface area (Å²) in [7, 11) is -11.6. The van der Waals surface area contributed by atoms with Crippen molar-refractivity contribution >= 4 is 37.4 Å². The van der Waals surface area contributed by atoms with Crippen LogP contribution in [0.4, 0.5) is 0 Å². The summed E-state index contributed by atoms with van der Waals surface area (Å²) in [4.78, 5) is 55.9. The molecular formula is C71H138O12P2. The molecule has 0 aliphatic rings. The van der Waals surface area contributed by atoms with Crippen LogP contribution >= 0.6 is 14.7 Å². The number of carbonyl (C=O) groups excluding carboxylic acids is 4. The van der Waals surface area contributed by atoms with Gasteiger partial charge >= 0.3 is 20.0 Å². The Balaban J connectivity index is 6.28. The highest BCUT2D eigenvalue weighted by molar-refractivity contribution is 7.93. The Morgan fingerprint density at radius 2 is 0.459 bits per heavy atom. The summed E-state index contributed by atoms with van der Waals surface area (Å²) < 4.78 is 42.6. The molecule has 0 aliphatic heterocycles. The third kappa shape index (κ3) is 44.1. The van der Waals surface area contributed by atoms with Crippen LogP contribution in [-0.2, 0) is 37.4 Å². The third-order valence-electron chi connectivity index (χ3n) is 17.5. The van der Waals surface area contributed by atoms with E-state index in [9.17, 15) is 39.6 Å². The fourth-order valence-electron chi connectivity index (χ4n) is 11.7. The van der Waals surface area contributed by atoms with Crippen LogP contribution in [0, 0.1) is 0 Å². The molecule has 0 aromatic rings. The van der Waals surface area contributed by atoms with Crippen molar-refractivity contribution in [3.8, 4) is 0 Å². The minimum absolute atomic E-state index is 0.128. The van der Waals surface area contributed by atoms with Crippen LogP contribution in [0.2, 0.25) is 0 Å². The van der Waals surface area contributed by atoms with E-state index in [-0.39, 0.29) is 37.2 Å². The van der Waals surface area contributed by atoms with Crippen molar-refractivity contribution in [3.63, 3.8) is 0 Å². The van der Waals surface area contributed by atoms with Gasteiger partial charge in [0.1, 0.15) is 11.6 Å². The molecule has 504 valence electrons. The first-order valence-corrected chi connectivity index (χ1v) is 39.8. The molecule has 0 heterocycles. The summed E-state index contributed by atoms with van der Waals surface area (Å²) in [6.07, 6.45) is 50.9. The third-order valence-corrected chi connectivity index (χ3v) is 23.6. The van der Waals surface area contributed by atoms with E-state index in [4.69, 9.17) is 9.05 Å². The zero-order chi connectivity index (χ0) is 62.8. The van der Waals surface area contributed by atoms with Crippen LogP contribution in [0.25, 0.3) is 0 Å². The van der Waals surface area contributed by atoms with Crippen LogP contribution in [-0.4, -0.2) is 73.7 Å². The van der Waals surface area contributed by atoms with Crippen molar-refractivity contribution in [1.29, 1.82) is 0 Å². The highest BCUT2D eigenvalue weighted by Gasteiger charge is 2.68. The second-order valence-electron chi connectivity index (χ2n) is 25.8. The fraction of sp³-hybridized carbons (Fsp3) is 0.944. The monoisotopic (exact) mass is 1240 g/mol. The van der Waals surface area contributed by atoms with Crippen LogP contribution in [0.1, 0.15) is 400 Å². The fourth-order valence-corrected chi connectivity index (χ4v) is 17.3. The Hall–Kier alpha value is -1.10. The Bertz CT molecular complexity index is 1540. The maximum atomic E-state index is 15.5. The molecule has 0 saturated carbocycles. The molecule has 4 N–H and O–H groups in total. The predicted octanol–water partition coefficient (Wildman–Crippen LogP) is 21.8. The van der Waals surface area contributed by atoms with Gasteiger partial charge in [0.2, 0.25) is 11.0 Å². The average molecular weight is 1250 g/mol. The van der Waals surface area contributed by atoms with Gasteiger partial charge in [-0.3, -0.25) is 28.3 Å². The summed E-state index contributed by atoms with van der Waals surface area (Å²) in [6.45, 7) is 7.03. The number of hydrogen-bond acceptors (Lipinski definition) is 12. The molecule has 0 amide bonds. The van der Waals surface area contributed by atoms with Gasteiger partial charge in [0.05, 0.1) is 25.4 Å². The van der Waals surface area contributed by atoms with E-state index < -0.39 is 82.2 Å². The van der Waals surface area contributed by atoms with Crippen molar-refractivity contribution in [2.24, 2.45) is 0 Å². The first-order valence-electron chi connectivity index (χ1n) is 36.6. The van der Waals surface area contributed by atoms with Gasteiger partial charge in [-0.1, -0.05) is 336 Å². The molecule has 0 rings (SSSR count). The first-order chi connectivity index (χ1) is 41.2. The van der Waals surface area contributed by atoms with E-state index in [0.29, 0.717) is 25.7 Å². The molecule has 4 unspecified atom stereocenters. The SMILES string of the molecule is CCCCCCCCCCCCCCCC(=O)CC(CO)OP(=O)(C(=O)CCCCCCCCCCCCCCC)C(O)(O)P(=O)(OC(CO)CC(=O)CCCCCCCCCCCCCCC)C(=O)CCCCCCCCCCCCCCC. The lowest BCUT2D eigenvalue weighted by atomic mass is 10.0. The molecule has 0 saturated heterocycles. The lowest BCUT2D eigenvalue weighted by molar-refractivity contribution is -0.124. The van der Waals surface area contributed by atoms with Crippen molar-refractivity contribution in [2.45, 2.75) is 418 Å². The lowest BCUT2D eigenvalue weighted by Crippen LogP contribution is -2.40. The number of ketones is 2. The molecule has 85 heavy (non-hydrogen) atoms. The molecule has 14 heteroatoms.